The van der Waals surface area contributed by atoms with E-state index in [0.717, 1.165) is 54.8 Å². The zero-order valence-electron chi connectivity index (χ0n) is 20.1. The van der Waals surface area contributed by atoms with Crippen LogP contribution in [-0.4, -0.2) is 17.9 Å². The Morgan fingerprint density at radius 2 is 1.53 bits per heavy atom. The molecule has 6 heteroatoms. The predicted octanol–water partition coefficient (Wildman–Crippen LogP) is 7.80. The lowest BCUT2D eigenvalue weighted by Gasteiger charge is -2.18. The molecule has 4 heterocycles. The highest BCUT2D eigenvalue weighted by molar-refractivity contribution is 7.13. The van der Waals surface area contributed by atoms with Gasteiger partial charge in [-0.25, -0.2) is 4.99 Å². The summed E-state index contributed by atoms with van der Waals surface area (Å²) in [6.07, 6.45) is 2.15. The molecule has 2 nitrogen and oxygen atoms in total. The Morgan fingerprint density at radius 3 is 2.12 bits per heavy atom. The quantitative estimate of drug-likeness (QED) is 0.257. The summed E-state index contributed by atoms with van der Waals surface area (Å²) in [5.41, 5.74) is 11.6. The molecular weight excluding hydrogens is 458 g/mol. The van der Waals surface area contributed by atoms with Gasteiger partial charge in [0.25, 0.3) is 0 Å². The first-order valence-corrected chi connectivity index (χ1v) is 13.1. The number of allylic oxidation sites excluding steroid dienone is 2. The summed E-state index contributed by atoms with van der Waals surface area (Å²) in [6.45, 7) is 10.6. The number of halogens is 1. The number of hydrogen-bond donors (Lipinski definition) is 0. The average molecular weight is 484 g/mol. The van der Waals surface area contributed by atoms with E-state index in [2.05, 4.69) is 82.5 Å². The van der Waals surface area contributed by atoms with Crippen LogP contribution in [0.1, 0.15) is 45.3 Å². The van der Waals surface area contributed by atoms with Crippen molar-refractivity contribution in [1.82, 2.24) is 4.48 Å². The molecular formula is C28H26BFN2S2. The van der Waals surface area contributed by atoms with Crippen molar-refractivity contribution < 1.29 is 4.32 Å². The van der Waals surface area contributed by atoms with Gasteiger partial charge >= 0.3 is 7.69 Å². The van der Waals surface area contributed by atoms with E-state index in [1.807, 2.05) is 15.9 Å². The van der Waals surface area contributed by atoms with Gasteiger partial charge in [0, 0.05) is 16.1 Å². The Balaban J connectivity index is 1.84. The van der Waals surface area contributed by atoms with Gasteiger partial charge in [-0.1, -0.05) is 29.8 Å². The van der Waals surface area contributed by atoms with Crippen molar-refractivity contribution in [3.63, 3.8) is 0 Å². The van der Waals surface area contributed by atoms with Gasteiger partial charge in [0.05, 0.1) is 22.0 Å². The molecule has 0 aliphatic carbocycles. The van der Waals surface area contributed by atoms with Crippen molar-refractivity contribution in [3.05, 3.63) is 109 Å². The van der Waals surface area contributed by atoms with E-state index >= 15 is 0 Å². The number of nitrogens with zero attached hydrogens (tertiary/aromatic N) is 2. The molecule has 0 atom stereocenters. The van der Waals surface area contributed by atoms with E-state index in [9.17, 15) is 4.32 Å². The minimum absolute atomic E-state index is 0.596. The third kappa shape index (κ3) is 3.85. The molecule has 0 bridgehead atoms. The molecule has 0 unspecified atom stereocenters. The van der Waals surface area contributed by atoms with Crippen LogP contribution in [0, 0.1) is 27.7 Å². The lowest BCUT2D eigenvalue weighted by atomic mass is 9.90. The number of aryl methyl sites for hydroxylation is 4. The van der Waals surface area contributed by atoms with E-state index in [1.165, 1.54) is 16.7 Å². The van der Waals surface area contributed by atoms with Gasteiger partial charge in [-0.15, -0.1) is 22.7 Å². The molecule has 4 aromatic rings. The van der Waals surface area contributed by atoms with Crippen LogP contribution in [0.25, 0.3) is 16.1 Å². The minimum Gasteiger partial charge on any atom is -0.357 e. The molecule has 3 aromatic heterocycles. The maximum Gasteiger partial charge on any atom is 0.449 e. The number of rotatable bonds is 5. The Hall–Kier alpha value is -2.96. The van der Waals surface area contributed by atoms with Crippen LogP contribution in [-0.2, 0) is 0 Å². The monoisotopic (exact) mass is 484 g/mol. The normalized spacial score (nSPS) is 14.9. The van der Waals surface area contributed by atoms with Gasteiger partial charge in [0.1, 0.15) is 0 Å². The van der Waals surface area contributed by atoms with E-state index < -0.39 is 7.69 Å². The second-order valence-electron chi connectivity index (χ2n) is 8.89. The Kier molecular flexibility index (Phi) is 6.05. The summed E-state index contributed by atoms with van der Waals surface area (Å²) in [4.78, 5) is 7.35. The average Bonchev–Trinajstić information content (AvgIpc) is 3.57. The second kappa shape index (κ2) is 9.01. The van der Waals surface area contributed by atoms with Crippen molar-refractivity contribution in [1.29, 1.82) is 0 Å². The molecule has 1 aliphatic heterocycles. The number of thiophene rings is 2. The molecule has 0 N–H and O–H groups in total. The molecule has 170 valence electrons. The third-order valence-electron chi connectivity index (χ3n) is 6.31. The van der Waals surface area contributed by atoms with Gasteiger partial charge in [0.15, 0.2) is 0 Å². The van der Waals surface area contributed by atoms with Gasteiger partial charge in [-0.2, -0.15) is 0 Å². The van der Waals surface area contributed by atoms with Gasteiger partial charge in [-0.05, 0) is 97.5 Å². The molecule has 1 aromatic carbocycles. The lowest BCUT2D eigenvalue weighted by Crippen LogP contribution is -2.09. The highest BCUT2D eigenvalue weighted by Crippen LogP contribution is 2.40. The van der Waals surface area contributed by atoms with E-state index in [4.69, 9.17) is 4.99 Å². The van der Waals surface area contributed by atoms with Crippen molar-refractivity contribution in [2.45, 2.75) is 34.6 Å². The molecule has 5 rings (SSSR count). The highest BCUT2D eigenvalue weighted by Gasteiger charge is 2.26. The Labute approximate surface area is 209 Å². The summed E-state index contributed by atoms with van der Waals surface area (Å²) in [6, 6.07) is 14.8. The Morgan fingerprint density at radius 1 is 0.882 bits per heavy atom. The smallest absolute Gasteiger partial charge is 0.357 e. The maximum absolute atomic E-state index is 14.8. The van der Waals surface area contributed by atoms with Gasteiger partial charge < -0.3 is 8.79 Å². The molecule has 0 spiro atoms. The molecule has 0 saturated heterocycles. The molecule has 0 fully saturated rings. The van der Waals surface area contributed by atoms with Crippen molar-refractivity contribution >= 4 is 41.6 Å². The summed E-state index contributed by atoms with van der Waals surface area (Å²) < 4.78 is 16.6. The van der Waals surface area contributed by atoms with Crippen molar-refractivity contribution in [2.75, 3.05) is 0 Å². The first-order valence-electron chi connectivity index (χ1n) is 11.3. The van der Waals surface area contributed by atoms with E-state index in [0.29, 0.717) is 0 Å². The first-order chi connectivity index (χ1) is 16.4. The molecule has 1 aliphatic rings. The summed E-state index contributed by atoms with van der Waals surface area (Å²) in [7, 11) is -0.596. The lowest BCUT2D eigenvalue weighted by molar-refractivity contribution is 0.834. The van der Waals surface area contributed by atoms with E-state index in [1.54, 1.807) is 22.7 Å². The van der Waals surface area contributed by atoms with Crippen LogP contribution in [0.2, 0.25) is 0 Å². The van der Waals surface area contributed by atoms with Crippen LogP contribution in [0.15, 0.2) is 75.6 Å². The molecule has 0 amide bonds. The van der Waals surface area contributed by atoms with Crippen LogP contribution in [0.3, 0.4) is 0 Å². The fourth-order valence-corrected chi connectivity index (χ4v) is 6.65. The maximum atomic E-state index is 14.8. The summed E-state index contributed by atoms with van der Waals surface area (Å²) >= 11 is 3.33. The summed E-state index contributed by atoms with van der Waals surface area (Å²) in [5, 5.41) is 4.12. The zero-order chi connectivity index (χ0) is 24.0. The van der Waals surface area contributed by atoms with Gasteiger partial charge in [0.2, 0.25) is 0 Å². The van der Waals surface area contributed by atoms with Crippen molar-refractivity contribution in [2.24, 2.45) is 4.99 Å². The molecule has 0 saturated carbocycles. The second-order valence-corrected chi connectivity index (χ2v) is 10.8. The predicted molar refractivity (Wildman–Crippen MR) is 147 cm³/mol. The third-order valence-corrected chi connectivity index (χ3v) is 8.07. The number of aromatic nitrogens is 1. The largest absolute Gasteiger partial charge is 0.449 e. The van der Waals surface area contributed by atoms with Gasteiger partial charge in [-0.3, -0.25) is 0 Å². The zero-order valence-corrected chi connectivity index (χ0v) is 21.7. The number of aliphatic imine (C=N–C) groups is 1. The fourth-order valence-electron chi connectivity index (χ4n) is 5.02. The summed E-state index contributed by atoms with van der Waals surface area (Å²) in [5.74, 6) is 0. The van der Waals surface area contributed by atoms with Crippen LogP contribution >= 0.6 is 22.7 Å². The minimum atomic E-state index is -0.596. The first kappa shape index (κ1) is 22.8. The van der Waals surface area contributed by atoms with Crippen molar-refractivity contribution in [3.8, 4) is 10.6 Å². The topological polar surface area (TPSA) is 17.3 Å². The van der Waals surface area contributed by atoms with E-state index in [-0.39, 0.29) is 0 Å². The number of benzene rings is 1. The SMILES string of the molecule is CC1=C/C(=C(\c2c(C)cc(C)cc2C)c2cc(C)c(-c3cccs3)n2BF)N=C1c1cccs1. The van der Waals surface area contributed by atoms with Crippen LogP contribution < -0.4 is 0 Å². The van der Waals surface area contributed by atoms with Crippen LogP contribution in [0.5, 0.6) is 0 Å². The van der Waals surface area contributed by atoms with Crippen LogP contribution in [0.4, 0.5) is 4.32 Å². The number of hydrogen-bond acceptors (Lipinski definition) is 3. The highest BCUT2D eigenvalue weighted by atomic mass is 32.1. The fraction of sp³-hybridized carbons (Fsp3) is 0.179. The molecule has 0 radical (unpaired) electrons. The molecule has 34 heavy (non-hydrogen) atoms. The Bertz CT molecular complexity index is 1450. The standard InChI is InChI=1S/C28H26BFN2S2/c1-16-12-17(2)25(18(3)13-16)26(21-14-19(4)27(31-21)23-8-6-10-33-23)22-15-20(5)28(32(22)29-30)24-9-7-11-34-24/h6-15,29H,1-5H3/b26-21+.